The second kappa shape index (κ2) is 5.22. The molecule has 4 heteroatoms. The number of hydrogen-bond acceptors (Lipinski definition) is 3. The van der Waals surface area contributed by atoms with E-state index < -0.39 is 5.60 Å². The van der Waals surface area contributed by atoms with E-state index in [-0.39, 0.29) is 6.09 Å². The number of likely N-dealkylation sites (tertiary alicyclic amines) is 1. The van der Waals surface area contributed by atoms with Crippen LogP contribution in [0, 0.1) is 11.3 Å². The first kappa shape index (κ1) is 13.6. The van der Waals surface area contributed by atoms with Crippen LogP contribution in [0.3, 0.4) is 0 Å². The molecular formula is C13H20N2O2. The summed E-state index contributed by atoms with van der Waals surface area (Å²) in [6.45, 7) is 8.70. The van der Waals surface area contributed by atoms with Crippen LogP contribution < -0.4 is 0 Å². The summed E-state index contributed by atoms with van der Waals surface area (Å²) in [6, 6.07) is 2.16. The third-order valence-electron chi connectivity index (χ3n) is 2.72. The van der Waals surface area contributed by atoms with Crippen molar-refractivity contribution in [3.63, 3.8) is 0 Å². The maximum absolute atomic E-state index is 11.8. The summed E-state index contributed by atoms with van der Waals surface area (Å²) >= 11 is 0. The van der Waals surface area contributed by atoms with Gasteiger partial charge in [0, 0.05) is 18.7 Å². The van der Waals surface area contributed by atoms with E-state index in [1.165, 1.54) is 0 Å². The van der Waals surface area contributed by atoms with E-state index in [1.54, 1.807) is 4.90 Å². The van der Waals surface area contributed by atoms with Crippen molar-refractivity contribution in [2.24, 2.45) is 0 Å². The van der Waals surface area contributed by atoms with Crippen LogP contribution in [0.4, 0.5) is 4.79 Å². The van der Waals surface area contributed by atoms with Gasteiger partial charge in [0.15, 0.2) is 0 Å². The smallest absolute Gasteiger partial charge is 0.410 e. The number of nitrogens with zero attached hydrogens (tertiary/aromatic N) is 2. The number of nitriles is 1. The molecule has 1 rings (SSSR count). The first-order valence-electron chi connectivity index (χ1n) is 5.90. The summed E-state index contributed by atoms with van der Waals surface area (Å²) < 4.78 is 5.31. The van der Waals surface area contributed by atoms with Crippen LogP contribution in [-0.4, -0.2) is 29.7 Å². The predicted molar refractivity (Wildman–Crippen MR) is 65.4 cm³/mol. The fraction of sp³-hybridized carbons (Fsp3) is 0.692. The molecule has 1 heterocycles. The topological polar surface area (TPSA) is 53.3 Å². The molecule has 0 N–H and O–H groups in total. The van der Waals surface area contributed by atoms with Crippen LogP contribution in [0.25, 0.3) is 0 Å². The van der Waals surface area contributed by atoms with Crippen LogP contribution >= 0.6 is 0 Å². The lowest BCUT2D eigenvalue weighted by Gasteiger charge is -2.31. The zero-order chi connectivity index (χ0) is 13.1. The minimum atomic E-state index is -0.449. The molecule has 0 aromatic heterocycles. The van der Waals surface area contributed by atoms with Crippen LogP contribution in [0.15, 0.2) is 11.1 Å². The lowest BCUT2D eigenvalue weighted by molar-refractivity contribution is 0.0236. The molecule has 0 aliphatic carbocycles. The number of rotatable bonds is 0. The van der Waals surface area contributed by atoms with Crippen LogP contribution in [-0.2, 0) is 4.74 Å². The van der Waals surface area contributed by atoms with Crippen molar-refractivity contribution in [1.29, 1.82) is 5.26 Å². The molecule has 0 radical (unpaired) electrons. The zero-order valence-electron chi connectivity index (χ0n) is 11.0. The Kier molecular flexibility index (Phi) is 4.17. The van der Waals surface area contributed by atoms with E-state index in [0.29, 0.717) is 13.1 Å². The highest BCUT2D eigenvalue weighted by molar-refractivity contribution is 5.68. The van der Waals surface area contributed by atoms with Gasteiger partial charge in [-0.15, -0.1) is 0 Å². The SMILES string of the molecule is CC(C#N)=C1CCN(C(=O)OC(C)(C)C)CC1. The Morgan fingerprint density at radius 1 is 1.35 bits per heavy atom. The molecule has 0 unspecified atom stereocenters. The highest BCUT2D eigenvalue weighted by atomic mass is 16.6. The molecule has 1 saturated heterocycles. The molecule has 17 heavy (non-hydrogen) atoms. The Morgan fingerprint density at radius 3 is 2.29 bits per heavy atom. The number of ether oxygens (including phenoxy) is 1. The van der Waals surface area contributed by atoms with Gasteiger partial charge in [-0.1, -0.05) is 5.57 Å². The molecule has 0 atom stereocenters. The summed E-state index contributed by atoms with van der Waals surface area (Å²) in [5, 5.41) is 8.80. The summed E-state index contributed by atoms with van der Waals surface area (Å²) in [4.78, 5) is 13.5. The zero-order valence-corrected chi connectivity index (χ0v) is 11.0. The standard InChI is InChI=1S/C13H20N2O2/c1-10(9-14)11-5-7-15(8-6-11)12(16)17-13(2,3)4/h5-8H2,1-4H3. The van der Waals surface area contributed by atoms with Gasteiger partial charge in [-0.3, -0.25) is 0 Å². The van der Waals surface area contributed by atoms with Crippen molar-refractivity contribution in [1.82, 2.24) is 4.90 Å². The largest absolute Gasteiger partial charge is 0.444 e. The fourth-order valence-corrected chi connectivity index (χ4v) is 1.74. The summed E-state index contributed by atoms with van der Waals surface area (Å²) in [5.74, 6) is 0. The number of amides is 1. The van der Waals surface area contributed by atoms with Crippen LogP contribution in [0.2, 0.25) is 0 Å². The quantitative estimate of drug-likeness (QED) is 0.608. The van der Waals surface area contributed by atoms with Gasteiger partial charge in [0.2, 0.25) is 0 Å². The monoisotopic (exact) mass is 236 g/mol. The summed E-state index contributed by atoms with van der Waals surface area (Å²) in [7, 11) is 0. The van der Waals surface area contributed by atoms with Gasteiger partial charge in [-0.05, 0) is 40.5 Å². The van der Waals surface area contributed by atoms with E-state index in [4.69, 9.17) is 10.00 Å². The highest BCUT2D eigenvalue weighted by Gasteiger charge is 2.25. The normalized spacial score (nSPS) is 16.4. The minimum Gasteiger partial charge on any atom is -0.444 e. The number of carbonyl (C=O) groups is 1. The van der Waals surface area contributed by atoms with Crippen LogP contribution in [0.1, 0.15) is 40.5 Å². The van der Waals surface area contributed by atoms with Gasteiger partial charge in [-0.25, -0.2) is 4.79 Å². The van der Waals surface area contributed by atoms with Gasteiger partial charge in [0.1, 0.15) is 5.60 Å². The fourth-order valence-electron chi connectivity index (χ4n) is 1.74. The van der Waals surface area contributed by atoms with Gasteiger partial charge >= 0.3 is 6.09 Å². The Labute approximate surface area is 103 Å². The Bertz CT molecular complexity index is 362. The van der Waals surface area contributed by atoms with Crippen molar-refractivity contribution in [2.75, 3.05) is 13.1 Å². The molecule has 0 spiro atoms. The van der Waals surface area contributed by atoms with E-state index in [1.807, 2.05) is 27.7 Å². The van der Waals surface area contributed by atoms with Gasteiger partial charge in [-0.2, -0.15) is 5.26 Å². The van der Waals surface area contributed by atoms with Crippen molar-refractivity contribution < 1.29 is 9.53 Å². The third-order valence-corrected chi connectivity index (χ3v) is 2.72. The van der Waals surface area contributed by atoms with Crippen molar-refractivity contribution in [3.05, 3.63) is 11.1 Å². The average Bonchev–Trinajstić information content (AvgIpc) is 2.26. The lowest BCUT2D eigenvalue weighted by atomic mass is 10.00. The van der Waals surface area contributed by atoms with E-state index in [0.717, 1.165) is 24.0 Å². The number of carbonyl (C=O) groups excluding carboxylic acids is 1. The molecule has 94 valence electrons. The van der Waals surface area contributed by atoms with Crippen molar-refractivity contribution in [3.8, 4) is 6.07 Å². The maximum Gasteiger partial charge on any atom is 0.410 e. The summed E-state index contributed by atoms with van der Waals surface area (Å²) in [5.41, 5.74) is 1.50. The number of piperidine rings is 1. The van der Waals surface area contributed by atoms with Gasteiger partial charge < -0.3 is 9.64 Å². The van der Waals surface area contributed by atoms with Crippen LogP contribution in [0.5, 0.6) is 0 Å². The minimum absolute atomic E-state index is 0.258. The molecule has 1 amide bonds. The van der Waals surface area contributed by atoms with E-state index >= 15 is 0 Å². The van der Waals surface area contributed by atoms with Crippen molar-refractivity contribution >= 4 is 6.09 Å². The average molecular weight is 236 g/mol. The molecule has 1 aliphatic rings. The molecule has 0 bridgehead atoms. The number of allylic oxidation sites excluding steroid dienone is 1. The molecular weight excluding hydrogens is 216 g/mol. The Morgan fingerprint density at radius 2 is 1.88 bits per heavy atom. The molecule has 0 aromatic carbocycles. The molecule has 0 saturated carbocycles. The molecule has 4 nitrogen and oxygen atoms in total. The lowest BCUT2D eigenvalue weighted by Crippen LogP contribution is -2.40. The van der Waals surface area contributed by atoms with Crippen molar-refractivity contribution in [2.45, 2.75) is 46.1 Å². The Hall–Kier alpha value is -1.50. The maximum atomic E-state index is 11.8. The summed E-state index contributed by atoms with van der Waals surface area (Å²) in [6.07, 6.45) is 1.29. The predicted octanol–water partition coefficient (Wildman–Crippen LogP) is 2.86. The third kappa shape index (κ3) is 4.10. The first-order chi connectivity index (χ1) is 7.83. The molecule has 0 aromatic rings. The highest BCUT2D eigenvalue weighted by Crippen LogP contribution is 2.21. The number of hydrogen-bond donors (Lipinski definition) is 0. The van der Waals surface area contributed by atoms with E-state index in [9.17, 15) is 4.79 Å². The van der Waals surface area contributed by atoms with Gasteiger partial charge in [0.05, 0.1) is 6.07 Å². The second-order valence-electron chi connectivity index (χ2n) is 5.31. The first-order valence-corrected chi connectivity index (χ1v) is 5.90. The van der Waals surface area contributed by atoms with Gasteiger partial charge in [0.25, 0.3) is 0 Å². The Balaban J connectivity index is 2.54. The molecule has 1 fully saturated rings. The second-order valence-corrected chi connectivity index (χ2v) is 5.31. The van der Waals surface area contributed by atoms with E-state index in [2.05, 4.69) is 6.07 Å². The molecule has 1 aliphatic heterocycles.